The van der Waals surface area contributed by atoms with Crippen LogP contribution in [0.3, 0.4) is 0 Å². The Hall–Kier alpha value is -1.93. The Morgan fingerprint density at radius 1 is 1.22 bits per heavy atom. The maximum atomic E-state index is 11.7. The number of carbonyl (C=O) groups is 2. The molecule has 1 aromatic carbocycles. The molecule has 126 valence electrons. The van der Waals surface area contributed by atoms with E-state index in [1.54, 1.807) is 12.1 Å². The maximum absolute atomic E-state index is 11.7. The fourth-order valence-corrected chi connectivity index (χ4v) is 3.95. The number of carbonyl (C=O) groups excluding carboxylic acids is 1. The molecule has 0 atom stereocenters. The summed E-state index contributed by atoms with van der Waals surface area (Å²) in [7, 11) is -3.15. The minimum Gasteiger partial charge on any atom is -0.478 e. The number of hydrogen-bond donors (Lipinski definition) is 2. The van der Waals surface area contributed by atoms with E-state index < -0.39 is 16.0 Å². The van der Waals surface area contributed by atoms with Gasteiger partial charge in [-0.3, -0.25) is 4.79 Å². The predicted octanol–water partition coefficient (Wildman–Crippen LogP) is 0.469. The molecular weight excluding hydrogens is 320 g/mol. The SMILES string of the molecule is O=C(CCN1CCCS1(=O)=O)NCCc1ccc(C(=O)O)cc1. The first-order chi connectivity index (χ1) is 10.9. The van der Waals surface area contributed by atoms with Crippen LogP contribution in [-0.4, -0.2) is 55.1 Å². The van der Waals surface area contributed by atoms with Crippen molar-refractivity contribution in [2.24, 2.45) is 0 Å². The van der Waals surface area contributed by atoms with Gasteiger partial charge in [0.25, 0.3) is 0 Å². The monoisotopic (exact) mass is 340 g/mol. The zero-order chi connectivity index (χ0) is 16.9. The van der Waals surface area contributed by atoms with Gasteiger partial charge in [0.05, 0.1) is 11.3 Å². The van der Waals surface area contributed by atoms with Crippen molar-refractivity contribution >= 4 is 21.9 Å². The second-order valence-electron chi connectivity index (χ2n) is 5.42. The molecule has 1 saturated heterocycles. The lowest BCUT2D eigenvalue weighted by molar-refractivity contribution is -0.121. The fourth-order valence-electron chi connectivity index (χ4n) is 2.42. The average molecular weight is 340 g/mol. The summed E-state index contributed by atoms with van der Waals surface area (Å²) in [6.45, 7) is 1.14. The van der Waals surface area contributed by atoms with Crippen molar-refractivity contribution in [3.63, 3.8) is 0 Å². The van der Waals surface area contributed by atoms with E-state index in [-0.39, 0.29) is 30.2 Å². The van der Waals surface area contributed by atoms with E-state index in [0.29, 0.717) is 25.9 Å². The van der Waals surface area contributed by atoms with Gasteiger partial charge < -0.3 is 10.4 Å². The van der Waals surface area contributed by atoms with Crippen molar-refractivity contribution in [3.05, 3.63) is 35.4 Å². The summed E-state index contributed by atoms with van der Waals surface area (Å²) in [4.78, 5) is 22.5. The molecule has 1 aliphatic rings. The first kappa shape index (κ1) is 17.4. The number of aromatic carboxylic acids is 1. The van der Waals surface area contributed by atoms with Crippen LogP contribution in [0, 0.1) is 0 Å². The van der Waals surface area contributed by atoms with Crippen LogP contribution in [0.5, 0.6) is 0 Å². The molecule has 1 aromatic rings. The van der Waals surface area contributed by atoms with Gasteiger partial charge in [0, 0.05) is 26.1 Å². The van der Waals surface area contributed by atoms with E-state index in [4.69, 9.17) is 5.11 Å². The van der Waals surface area contributed by atoms with Gasteiger partial charge in [-0.15, -0.1) is 0 Å². The van der Waals surface area contributed by atoms with E-state index >= 15 is 0 Å². The summed E-state index contributed by atoms with van der Waals surface area (Å²) >= 11 is 0. The molecule has 1 heterocycles. The zero-order valence-corrected chi connectivity index (χ0v) is 13.5. The van der Waals surface area contributed by atoms with Crippen molar-refractivity contribution in [3.8, 4) is 0 Å². The number of rotatable bonds is 7. The van der Waals surface area contributed by atoms with Crippen molar-refractivity contribution in [2.75, 3.05) is 25.4 Å². The van der Waals surface area contributed by atoms with Crippen molar-refractivity contribution in [2.45, 2.75) is 19.3 Å². The average Bonchev–Trinajstić information content (AvgIpc) is 2.84. The molecule has 0 spiro atoms. The number of amides is 1. The van der Waals surface area contributed by atoms with E-state index in [1.165, 1.54) is 16.4 Å². The lowest BCUT2D eigenvalue weighted by Crippen LogP contribution is -2.32. The Balaban J connectivity index is 1.69. The second kappa shape index (κ2) is 7.56. The molecule has 23 heavy (non-hydrogen) atoms. The lowest BCUT2D eigenvalue weighted by Gasteiger charge is -2.13. The third-order valence-corrected chi connectivity index (χ3v) is 5.68. The van der Waals surface area contributed by atoms with E-state index in [9.17, 15) is 18.0 Å². The number of carboxylic acid groups (broad SMARTS) is 1. The number of sulfonamides is 1. The van der Waals surface area contributed by atoms with E-state index in [2.05, 4.69) is 5.32 Å². The van der Waals surface area contributed by atoms with E-state index in [1.807, 2.05) is 0 Å². The molecule has 7 nitrogen and oxygen atoms in total. The summed E-state index contributed by atoms with van der Waals surface area (Å²) in [5.74, 6) is -0.989. The topological polar surface area (TPSA) is 104 Å². The Morgan fingerprint density at radius 2 is 1.91 bits per heavy atom. The second-order valence-corrected chi connectivity index (χ2v) is 7.51. The van der Waals surface area contributed by atoms with Crippen LogP contribution in [0.15, 0.2) is 24.3 Å². The molecule has 8 heteroatoms. The molecule has 0 aliphatic carbocycles. The van der Waals surface area contributed by atoms with Crippen LogP contribution < -0.4 is 5.32 Å². The number of benzene rings is 1. The number of nitrogens with zero attached hydrogens (tertiary/aromatic N) is 1. The molecule has 1 aliphatic heterocycles. The molecule has 0 aromatic heterocycles. The normalized spacial score (nSPS) is 17.0. The van der Waals surface area contributed by atoms with Crippen LogP contribution in [0.2, 0.25) is 0 Å². The highest BCUT2D eigenvalue weighted by atomic mass is 32.2. The Bertz CT molecular complexity index is 670. The van der Waals surface area contributed by atoms with Crippen molar-refractivity contribution < 1.29 is 23.1 Å². The van der Waals surface area contributed by atoms with Gasteiger partial charge in [-0.05, 0) is 30.5 Å². The fraction of sp³-hybridized carbons (Fsp3) is 0.467. The Kier molecular flexibility index (Phi) is 5.73. The molecule has 0 radical (unpaired) electrons. The summed E-state index contributed by atoms with van der Waals surface area (Å²) in [5.41, 5.74) is 1.15. The minimum atomic E-state index is -3.15. The van der Waals surface area contributed by atoms with Gasteiger partial charge in [-0.2, -0.15) is 0 Å². The smallest absolute Gasteiger partial charge is 0.335 e. The van der Waals surface area contributed by atoms with Gasteiger partial charge in [0.15, 0.2) is 0 Å². The summed E-state index contributed by atoms with van der Waals surface area (Å²) < 4.78 is 24.6. The highest BCUT2D eigenvalue weighted by Gasteiger charge is 2.27. The zero-order valence-electron chi connectivity index (χ0n) is 12.7. The highest BCUT2D eigenvalue weighted by Crippen LogP contribution is 2.13. The molecule has 0 saturated carbocycles. The van der Waals surface area contributed by atoms with Crippen LogP contribution in [-0.2, 0) is 21.2 Å². The standard InChI is InChI=1S/C15H20N2O5S/c18-14(7-10-17-9-1-11-23(17,21)22)16-8-6-12-2-4-13(5-3-12)15(19)20/h2-5H,1,6-11H2,(H,16,18)(H,19,20). The molecular formula is C15H20N2O5S. The summed E-state index contributed by atoms with van der Waals surface area (Å²) in [6, 6.07) is 6.48. The number of nitrogens with one attached hydrogen (secondary N) is 1. The van der Waals surface area contributed by atoms with Crippen LogP contribution >= 0.6 is 0 Å². The third kappa shape index (κ3) is 5.04. The van der Waals surface area contributed by atoms with Gasteiger partial charge in [-0.1, -0.05) is 12.1 Å². The molecule has 2 N–H and O–H groups in total. The van der Waals surface area contributed by atoms with Crippen molar-refractivity contribution in [1.29, 1.82) is 0 Å². The number of carboxylic acids is 1. The predicted molar refractivity (Wildman–Crippen MR) is 84.7 cm³/mol. The maximum Gasteiger partial charge on any atom is 0.335 e. The summed E-state index contributed by atoms with van der Waals surface area (Å²) in [6.07, 6.45) is 1.36. The molecule has 0 bridgehead atoms. The van der Waals surface area contributed by atoms with Crippen LogP contribution in [0.4, 0.5) is 0 Å². The molecule has 1 fully saturated rings. The number of hydrogen-bond acceptors (Lipinski definition) is 4. The van der Waals surface area contributed by atoms with Gasteiger partial charge in [0.2, 0.25) is 15.9 Å². The van der Waals surface area contributed by atoms with Gasteiger partial charge in [0.1, 0.15) is 0 Å². The van der Waals surface area contributed by atoms with Crippen molar-refractivity contribution in [1.82, 2.24) is 9.62 Å². The van der Waals surface area contributed by atoms with E-state index in [0.717, 1.165) is 5.56 Å². The molecule has 2 rings (SSSR count). The Labute approximate surface area is 135 Å². The van der Waals surface area contributed by atoms with Gasteiger partial charge >= 0.3 is 5.97 Å². The molecule has 1 amide bonds. The first-order valence-electron chi connectivity index (χ1n) is 7.45. The molecule has 0 unspecified atom stereocenters. The quantitative estimate of drug-likeness (QED) is 0.751. The van der Waals surface area contributed by atoms with Crippen LogP contribution in [0.1, 0.15) is 28.8 Å². The van der Waals surface area contributed by atoms with Gasteiger partial charge in [-0.25, -0.2) is 17.5 Å². The Morgan fingerprint density at radius 3 is 2.48 bits per heavy atom. The third-order valence-electron chi connectivity index (χ3n) is 3.73. The highest BCUT2D eigenvalue weighted by molar-refractivity contribution is 7.89. The van der Waals surface area contributed by atoms with Crippen LogP contribution in [0.25, 0.3) is 0 Å². The summed E-state index contributed by atoms with van der Waals surface area (Å²) in [5, 5.41) is 11.5. The largest absolute Gasteiger partial charge is 0.478 e. The first-order valence-corrected chi connectivity index (χ1v) is 9.06. The minimum absolute atomic E-state index is 0.150. The lowest BCUT2D eigenvalue weighted by atomic mass is 10.1.